The molecule has 1 saturated heterocycles. The van der Waals surface area contributed by atoms with Crippen LogP contribution in [0.15, 0.2) is 30.3 Å². The van der Waals surface area contributed by atoms with Crippen molar-refractivity contribution >= 4 is 15.7 Å². The average molecular weight is 267 g/mol. The molecule has 1 aromatic rings. The van der Waals surface area contributed by atoms with Gasteiger partial charge in [0, 0.05) is 25.3 Å². The van der Waals surface area contributed by atoms with Crippen molar-refractivity contribution in [3.8, 4) is 0 Å². The third kappa shape index (κ3) is 3.32. The zero-order valence-corrected chi connectivity index (χ0v) is 11.2. The van der Waals surface area contributed by atoms with E-state index in [2.05, 4.69) is 0 Å². The molecule has 1 atom stereocenters. The number of hydrogen-bond acceptors (Lipinski definition) is 3. The van der Waals surface area contributed by atoms with Crippen molar-refractivity contribution in [1.29, 1.82) is 0 Å². The van der Waals surface area contributed by atoms with Crippen molar-refractivity contribution in [1.82, 2.24) is 4.90 Å². The molecule has 0 N–H and O–H groups in total. The van der Waals surface area contributed by atoms with Gasteiger partial charge in [0.05, 0.1) is 5.75 Å². The summed E-state index contributed by atoms with van der Waals surface area (Å²) < 4.78 is 22.7. The summed E-state index contributed by atoms with van der Waals surface area (Å²) in [6.45, 7) is 0.500. The number of carbonyl (C=O) groups is 1. The summed E-state index contributed by atoms with van der Waals surface area (Å²) in [5.74, 6) is 0.110. The molecule has 18 heavy (non-hydrogen) atoms. The molecule has 5 heteroatoms. The van der Waals surface area contributed by atoms with E-state index in [0.29, 0.717) is 19.4 Å². The number of hydrogen-bond donors (Lipinski definition) is 0. The predicted molar refractivity (Wildman–Crippen MR) is 69.7 cm³/mol. The zero-order valence-electron chi connectivity index (χ0n) is 10.4. The van der Waals surface area contributed by atoms with Crippen LogP contribution in [0.1, 0.15) is 18.4 Å². The van der Waals surface area contributed by atoms with E-state index in [4.69, 9.17) is 0 Å². The smallest absolute Gasteiger partial charge is 0.223 e. The van der Waals surface area contributed by atoms with E-state index in [1.54, 1.807) is 4.90 Å². The predicted octanol–water partition coefficient (Wildman–Crippen LogP) is 1.22. The van der Waals surface area contributed by atoms with Gasteiger partial charge in [0.25, 0.3) is 0 Å². The van der Waals surface area contributed by atoms with Crippen LogP contribution in [0.3, 0.4) is 0 Å². The fraction of sp³-hybridized carbons (Fsp3) is 0.462. The third-order valence-electron chi connectivity index (χ3n) is 3.14. The lowest BCUT2D eigenvalue weighted by Gasteiger charge is -2.24. The van der Waals surface area contributed by atoms with Crippen LogP contribution in [0.4, 0.5) is 0 Å². The lowest BCUT2D eigenvalue weighted by molar-refractivity contribution is -0.129. The largest absolute Gasteiger partial charge is 0.334 e. The first-order valence-corrected chi connectivity index (χ1v) is 8.03. The molecule has 1 heterocycles. The quantitative estimate of drug-likeness (QED) is 0.824. The Labute approximate surface area is 108 Å². The minimum absolute atomic E-state index is 0.0486. The third-order valence-corrected chi connectivity index (χ3v) is 4.13. The van der Waals surface area contributed by atoms with E-state index in [-0.39, 0.29) is 17.7 Å². The van der Waals surface area contributed by atoms with Gasteiger partial charge in [-0.3, -0.25) is 4.79 Å². The molecular weight excluding hydrogens is 250 g/mol. The van der Waals surface area contributed by atoms with Crippen molar-refractivity contribution in [3.05, 3.63) is 35.9 Å². The minimum atomic E-state index is -3.05. The number of rotatable bonds is 4. The first kappa shape index (κ1) is 13.1. The van der Waals surface area contributed by atoms with Gasteiger partial charge < -0.3 is 4.90 Å². The summed E-state index contributed by atoms with van der Waals surface area (Å²) in [5, 5.41) is 0. The number of carbonyl (C=O) groups excluding carboxylic acids is 1. The molecule has 1 aliphatic rings. The van der Waals surface area contributed by atoms with Gasteiger partial charge >= 0.3 is 0 Å². The van der Waals surface area contributed by atoms with Crippen LogP contribution in [0.25, 0.3) is 0 Å². The molecule has 98 valence electrons. The second kappa shape index (κ2) is 5.10. The number of sulfone groups is 1. The molecule has 0 saturated carbocycles. The lowest BCUT2D eigenvalue weighted by Crippen LogP contribution is -2.36. The Kier molecular flexibility index (Phi) is 3.71. The van der Waals surface area contributed by atoms with Crippen LogP contribution in [-0.4, -0.2) is 37.3 Å². The van der Waals surface area contributed by atoms with E-state index in [1.165, 1.54) is 6.26 Å². The van der Waals surface area contributed by atoms with E-state index in [1.807, 2.05) is 30.3 Å². The molecule has 1 aromatic carbocycles. The zero-order chi connectivity index (χ0) is 13.2. The van der Waals surface area contributed by atoms with E-state index < -0.39 is 9.84 Å². The van der Waals surface area contributed by atoms with Gasteiger partial charge in [0.15, 0.2) is 0 Å². The fourth-order valence-corrected chi connectivity index (χ4v) is 3.36. The van der Waals surface area contributed by atoms with Gasteiger partial charge in [-0.2, -0.15) is 0 Å². The van der Waals surface area contributed by atoms with Crippen LogP contribution in [0.5, 0.6) is 0 Å². The molecule has 1 fully saturated rings. The van der Waals surface area contributed by atoms with Crippen LogP contribution >= 0.6 is 0 Å². The van der Waals surface area contributed by atoms with Crippen molar-refractivity contribution in [2.75, 3.05) is 12.0 Å². The Morgan fingerprint density at radius 3 is 2.56 bits per heavy atom. The van der Waals surface area contributed by atoms with Crippen molar-refractivity contribution in [2.45, 2.75) is 25.4 Å². The molecule has 2 rings (SSSR count). The summed E-state index contributed by atoms with van der Waals surface area (Å²) in [5.41, 5.74) is 1.03. The second-order valence-electron chi connectivity index (χ2n) is 4.79. The summed E-state index contributed by atoms with van der Waals surface area (Å²) in [7, 11) is -3.05. The highest BCUT2D eigenvalue weighted by molar-refractivity contribution is 7.90. The van der Waals surface area contributed by atoms with Gasteiger partial charge in [0.2, 0.25) is 5.91 Å². The van der Waals surface area contributed by atoms with Crippen LogP contribution in [-0.2, 0) is 21.2 Å². The van der Waals surface area contributed by atoms with Gasteiger partial charge in [-0.1, -0.05) is 30.3 Å². The standard InChI is InChI=1S/C13H17NO3S/c1-18(16,17)10-12-7-8-13(15)14(12)9-11-5-3-2-4-6-11/h2-6,12H,7-10H2,1H3/t12-/m0/s1. The summed E-state index contributed by atoms with van der Waals surface area (Å²) >= 11 is 0. The van der Waals surface area contributed by atoms with E-state index in [0.717, 1.165) is 5.56 Å². The number of nitrogens with zero attached hydrogens (tertiary/aromatic N) is 1. The van der Waals surface area contributed by atoms with Crippen molar-refractivity contribution in [3.63, 3.8) is 0 Å². The molecule has 1 amide bonds. The van der Waals surface area contributed by atoms with Gasteiger partial charge in [0.1, 0.15) is 9.84 Å². The number of amides is 1. The molecular formula is C13H17NO3S. The maximum atomic E-state index is 11.8. The topological polar surface area (TPSA) is 54.5 Å². The summed E-state index contributed by atoms with van der Waals surface area (Å²) in [6.07, 6.45) is 2.31. The first-order valence-electron chi connectivity index (χ1n) is 5.97. The molecule has 0 aromatic heterocycles. The monoisotopic (exact) mass is 267 g/mol. The maximum absolute atomic E-state index is 11.8. The summed E-state index contributed by atoms with van der Waals surface area (Å²) in [4.78, 5) is 13.5. The molecule has 0 aliphatic carbocycles. The van der Waals surface area contributed by atoms with Crippen LogP contribution in [0.2, 0.25) is 0 Å². The van der Waals surface area contributed by atoms with Crippen molar-refractivity contribution in [2.24, 2.45) is 0 Å². The Hall–Kier alpha value is -1.36. The Bertz CT molecular complexity index is 524. The number of likely N-dealkylation sites (tertiary alicyclic amines) is 1. The SMILES string of the molecule is CS(=O)(=O)C[C@@H]1CCC(=O)N1Cc1ccccc1. The molecule has 0 radical (unpaired) electrons. The molecule has 4 nitrogen and oxygen atoms in total. The van der Waals surface area contributed by atoms with Crippen LogP contribution < -0.4 is 0 Å². The van der Waals surface area contributed by atoms with Crippen molar-refractivity contribution < 1.29 is 13.2 Å². The van der Waals surface area contributed by atoms with Crippen LogP contribution in [0, 0.1) is 0 Å². The molecule has 0 spiro atoms. The van der Waals surface area contributed by atoms with Gasteiger partial charge in [-0.25, -0.2) is 8.42 Å². The van der Waals surface area contributed by atoms with E-state index in [9.17, 15) is 13.2 Å². The highest BCUT2D eigenvalue weighted by Crippen LogP contribution is 2.22. The number of benzene rings is 1. The Morgan fingerprint density at radius 1 is 1.28 bits per heavy atom. The second-order valence-corrected chi connectivity index (χ2v) is 6.98. The normalized spacial score (nSPS) is 20.4. The lowest BCUT2D eigenvalue weighted by atomic mass is 10.2. The van der Waals surface area contributed by atoms with Gasteiger partial charge in [-0.15, -0.1) is 0 Å². The highest BCUT2D eigenvalue weighted by atomic mass is 32.2. The molecule has 0 unspecified atom stereocenters. The Balaban J connectivity index is 2.11. The minimum Gasteiger partial charge on any atom is -0.334 e. The fourth-order valence-electron chi connectivity index (χ4n) is 2.31. The molecule has 0 bridgehead atoms. The maximum Gasteiger partial charge on any atom is 0.223 e. The Morgan fingerprint density at radius 2 is 1.94 bits per heavy atom. The highest BCUT2D eigenvalue weighted by Gasteiger charge is 2.32. The molecule has 1 aliphatic heterocycles. The summed E-state index contributed by atoms with van der Waals surface area (Å²) in [6, 6.07) is 9.48. The van der Waals surface area contributed by atoms with Gasteiger partial charge in [-0.05, 0) is 12.0 Å². The first-order chi connectivity index (χ1) is 8.46. The average Bonchev–Trinajstić information content (AvgIpc) is 2.61. The van der Waals surface area contributed by atoms with E-state index >= 15 is 0 Å².